The van der Waals surface area contributed by atoms with Crippen molar-refractivity contribution >= 4 is 22.2 Å². The van der Waals surface area contributed by atoms with Crippen molar-refractivity contribution < 1.29 is 27.1 Å². The lowest BCUT2D eigenvalue weighted by molar-refractivity contribution is -0.305. The normalized spacial score (nSPS) is 17.0. The molecule has 0 saturated carbocycles. The van der Waals surface area contributed by atoms with Crippen molar-refractivity contribution in [3.05, 3.63) is 16.0 Å². The first-order valence-electron chi connectivity index (χ1n) is 5.91. The summed E-state index contributed by atoms with van der Waals surface area (Å²) in [5, 5.41) is 10.8. The highest BCUT2D eigenvalue weighted by Gasteiger charge is 2.63. The lowest BCUT2D eigenvalue weighted by Gasteiger charge is -2.24. The van der Waals surface area contributed by atoms with Crippen molar-refractivity contribution in [2.75, 3.05) is 12.4 Å². The molecule has 0 aliphatic heterocycles. The van der Waals surface area contributed by atoms with Crippen molar-refractivity contribution in [3.63, 3.8) is 0 Å². The highest BCUT2D eigenvalue weighted by atomic mass is 32.1. The van der Waals surface area contributed by atoms with Gasteiger partial charge < -0.3 is 10.1 Å². The van der Waals surface area contributed by atoms with Gasteiger partial charge in [-0.15, -0.1) is 11.3 Å². The van der Waals surface area contributed by atoms with Gasteiger partial charge >= 0.3 is 17.9 Å². The van der Waals surface area contributed by atoms with E-state index in [9.17, 15) is 22.4 Å². The number of halogens is 4. The zero-order chi connectivity index (χ0) is 15.8. The van der Waals surface area contributed by atoms with Crippen LogP contribution in [0.5, 0.6) is 0 Å². The van der Waals surface area contributed by atoms with Gasteiger partial charge in [0.15, 0.2) is 0 Å². The first-order valence-corrected chi connectivity index (χ1v) is 6.73. The molecule has 1 aromatic heterocycles. The summed E-state index contributed by atoms with van der Waals surface area (Å²) in [6.07, 6.45) is -3.36. The Balaban J connectivity index is 2.31. The quantitative estimate of drug-likeness (QED) is 0.870. The van der Waals surface area contributed by atoms with Gasteiger partial charge in [0, 0.05) is 12.0 Å². The van der Waals surface area contributed by atoms with E-state index in [1.54, 1.807) is 0 Å². The van der Waals surface area contributed by atoms with Crippen LogP contribution in [0, 0.1) is 11.3 Å². The van der Waals surface area contributed by atoms with E-state index in [-0.39, 0.29) is 10.6 Å². The molecule has 2 rings (SSSR count). The average Bonchev–Trinajstić information content (AvgIpc) is 2.96. The van der Waals surface area contributed by atoms with E-state index in [2.05, 4.69) is 4.74 Å². The molecule has 0 fully saturated rings. The van der Waals surface area contributed by atoms with Gasteiger partial charge in [-0.3, -0.25) is 4.79 Å². The van der Waals surface area contributed by atoms with Gasteiger partial charge in [0.1, 0.15) is 11.1 Å². The van der Waals surface area contributed by atoms with Gasteiger partial charge in [0.2, 0.25) is 0 Å². The predicted molar refractivity (Wildman–Crippen MR) is 66.6 cm³/mol. The summed E-state index contributed by atoms with van der Waals surface area (Å²) in [5.74, 6) is -6.44. The molecule has 1 aliphatic carbocycles. The summed E-state index contributed by atoms with van der Waals surface area (Å²) in [5.41, 5.74) is 0.813. The van der Waals surface area contributed by atoms with E-state index in [0.717, 1.165) is 22.6 Å². The predicted octanol–water partition coefficient (Wildman–Crippen LogP) is 2.92. The fourth-order valence-electron chi connectivity index (χ4n) is 2.13. The molecule has 0 radical (unpaired) electrons. The molecule has 9 heteroatoms. The minimum atomic E-state index is -5.52. The monoisotopic (exact) mass is 322 g/mol. The van der Waals surface area contributed by atoms with Crippen LogP contribution in [0.4, 0.5) is 22.6 Å². The van der Waals surface area contributed by atoms with Crippen molar-refractivity contribution in [1.29, 1.82) is 5.26 Å². The lowest BCUT2D eigenvalue weighted by atomic mass is 10.1. The topological polar surface area (TPSA) is 62.1 Å². The number of nitrogens with one attached hydrogen (secondary N) is 1. The number of rotatable bonds is 3. The second-order valence-electron chi connectivity index (χ2n) is 4.42. The Bertz CT molecular complexity index is 620. The molecule has 21 heavy (non-hydrogen) atoms. The second-order valence-corrected chi connectivity index (χ2v) is 5.53. The highest BCUT2D eigenvalue weighted by molar-refractivity contribution is 7.16. The van der Waals surface area contributed by atoms with Crippen molar-refractivity contribution in [3.8, 4) is 6.07 Å². The smallest absolute Gasteiger partial charge is 0.335 e. The molecule has 1 aliphatic rings. The third-order valence-corrected chi connectivity index (χ3v) is 4.41. The van der Waals surface area contributed by atoms with Crippen LogP contribution < -0.4 is 5.32 Å². The minimum absolute atomic E-state index is 0.0736. The Hall–Kier alpha value is -1.66. The molecule has 0 saturated heterocycles. The van der Waals surface area contributed by atoms with Crippen LogP contribution in [0.25, 0.3) is 0 Å². The molecule has 0 aromatic carbocycles. The van der Waals surface area contributed by atoms with Gasteiger partial charge in [0.25, 0.3) is 0 Å². The van der Waals surface area contributed by atoms with Crippen molar-refractivity contribution in [2.24, 2.45) is 0 Å². The van der Waals surface area contributed by atoms with Crippen LogP contribution in [0.2, 0.25) is 0 Å². The number of hydrogen-bond donors (Lipinski definition) is 1. The summed E-state index contributed by atoms with van der Waals surface area (Å²) < 4.78 is 55.2. The second kappa shape index (κ2) is 5.27. The summed E-state index contributed by atoms with van der Waals surface area (Å²) in [4.78, 5) is 12.4. The number of alkyl halides is 4. The number of nitrogens with zero attached hydrogens (tertiary/aromatic N) is 1. The van der Waals surface area contributed by atoms with Gasteiger partial charge in [-0.05, 0) is 24.8 Å². The van der Waals surface area contributed by atoms with Crippen LogP contribution >= 0.6 is 11.3 Å². The van der Waals surface area contributed by atoms with Crippen molar-refractivity contribution in [2.45, 2.75) is 31.3 Å². The summed E-state index contributed by atoms with van der Waals surface area (Å²) in [6.45, 7) is 0. The number of carbonyl (C=O) groups is 1. The number of ether oxygens (including phenoxy) is 1. The largest absolute Gasteiger partial charge is 0.458 e. The van der Waals surface area contributed by atoms with Gasteiger partial charge in [-0.2, -0.15) is 22.8 Å². The van der Waals surface area contributed by atoms with E-state index in [0.29, 0.717) is 25.5 Å². The van der Waals surface area contributed by atoms with E-state index in [4.69, 9.17) is 5.26 Å². The number of methoxy groups -OCH3 is 1. The van der Waals surface area contributed by atoms with Crippen LogP contribution in [-0.4, -0.2) is 25.0 Å². The summed E-state index contributed by atoms with van der Waals surface area (Å²) >= 11 is 0.995. The Morgan fingerprint density at radius 1 is 1.38 bits per heavy atom. The number of aryl methyl sites for hydroxylation is 1. The fraction of sp³-hybridized carbons (Fsp3) is 0.500. The lowest BCUT2D eigenvalue weighted by Crippen LogP contribution is -2.52. The zero-order valence-corrected chi connectivity index (χ0v) is 11.6. The van der Waals surface area contributed by atoms with Gasteiger partial charge in [0.05, 0.1) is 5.56 Å². The molecule has 1 aromatic rings. The molecule has 1 N–H and O–H groups in total. The van der Waals surface area contributed by atoms with E-state index >= 15 is 0 Å². The molecule has 1 heterocycles. The third kappa shape index (κ3) is 2.49. The number of hydrogen-bond acceptors (Lipinski definition) is 4. The molecular formula is C12H10F4N2O2S. The van der Waals surface area contributed by atoms with Crippen LogP contribution in [0.15, 0.2) is 0 Å². The van der Waals surface area contributed by atoms with Crippen LogP contribution in [0.3, 0.4) is 0 Å². The van der Waals surface area contributed by atoms with Gasteiger partial charge in [-0.25, -0.2) is 0 Å². The van der Waals surface area contributed by atoms with Crippen molar-refractivity contribution in [1.82, 2.24) is 0 Å². The average molecular weight is 322 g/mol. The molecular weight excluding hydrogens is 312 g/mol. The number of amides is 1. The molecule has 4 nitrogen and oxygen atoms in total. The molecule has 0 bridgehead atoms. The number of nitriles is 1. The highest BCUT2D eigenvalue weighted by Crippen LogP contribution is 2.40. The van der Waals surface area contributed by atoms with E-state index < -0.39 is 17.9 Å². The SMILES string of the molecule is CO[C@](F)(C(=O)Nc1sc2c(c1C#N)CCC2)C(F)(F)F. The first kappa shape index (κ1) is 15.7. The maximum atomic E-state index is 13.7. The summed E-state index contributed by atoms with van der Waals surface area (Å²) in [6, 6.07) is 1.84. The fourth-order valence-corrected chi connectivity index (χ4v) is 3.37. The number of anilines is 1. The van der Waals surface area contributed by atoms with Crippen LogP contribution in [0.1, 0.15) is 22.4 Å². The molecule has 1 atom stereocenters. The maximum Gasteiger partial charge on any atom is 0.458 e. The Morgan fingerprint density at radius 2 is 2.05 bits per heavy atom. The summed E-state index contributed by atoms with van der Waals surface area (Å²) in [7, 11) is 0.451. The maximum absolute atomic E-state index is 13.7. The first-order chi connectivity index (χ1) is 9.74. The van der Waals surface area contributed by atoms with Crippen LogP contribution in [-0.2, 0) is 22.4 Å². The standard InChI is InChI=1S/C12H10F4N2O2S/c1-20-11(13,12(14,15)16)10(19)18-9-7(5-17)6-3-2-4-8(6)21-9/h2-4H2,1H3,(H,18,19)/t11-/m1/s1. The van der Waals surface area contributed by atoms with E-state index in [1.807, 2.05) is 11.4 Å². The Kier molecular flexibility index (Phi) is 3.95. The molecule has 0 unspecified atom stereocenters. The molecule has 114 valence electrons. The number of carbonyl (C=O) groups excluding carboxylic acids is 1. The Labute approximate surface area is 121 Å². The molecule has 1 amide bonds. The number of fused-ring (bicyclic) bond motifs is 1. The Morgan fingerprint density at radius 3 is 2.57 bits per heavy atom. The number of thiophene rings is 1. The third-order valence-electron chi connectivity index (χ3n) is 3.20. The zero-order valence-electron chi connectivity index (χ0n) is 10.8. The van der Waals surface area contributed by atoms with E-state index in [1.165, 1.54) is 0 Å². The molecule has 0 spiro atoms. The minimum Gasteiger partial charge on any atom is -0.335 e. The van der Waals surface area contributed by atoms with Gasteiger partial charge in [-0.1, -0.05) is 0 Å².